The maximum Gasteiger partial charge on any atom is 0.222 e. The number of hydrogen-bond acceptors (Lipinski definition) is 26. The van der Waals surface area contributed by atoms with E-state index in [2.05, 4.69) is 64.7 Å². The van der Waals surface area contributed by atoms with Crippen LogP contribution in [0.25, 0.3) is 0 Å². The molecule has 2 rings (SSSR count). The van der Waals surface area contributed by atoms with Crippen LogP contribution in [0.3, 0.4) is 0 Å². The predicted octanol–water partition coefficient (Wildman–Crippen LogP) is 2.44. The monoisotopic (exact) mass is 1670 g/mol. The Hall–Kier alpha value is -6.75. The number of nitrogens with one attached hydrogen (secondary N) is 8. The summed E-state index contributed by atoms with van der Waals surface area (Å²) < 4.78 is 30.7. The zero-order valence-electron chi connectivity index (χ0n) is 69.2. The fourth-order valence-corrected chi connectivity index (χ4v) is 15.0. The molecule has 8 amide bonds. The van der Waals surface area contributed by atoms with Gasteiger partial charge in [-0.2, -0.15) is 0 Å². The fraction of sp³-hybridized carbons (Fsp3) is 0.756. The number of aromatic nitrogens is 3. The van der Waals surface area contributed by atoms with Gasteiger partial charge in [-0.3, -0.25) is 67.5 Å². The lowest BCUT2D eigenvalue weighted by Crippen LogP contribution is -2.43. The number of rotatable bonds is 77. The first kappa shape index (κ1) is 104. The number of aldehydes is 1. The third-order valence-electron chi connectivity index (χ3n) is 18.7. The van der Waals surface area contributed by atoms with Gasteiger partial charge in [0.2, 0.25) is 47.3 Å². The van der Waals surface area contributed by atoms with Gasteiger partial charge in [-0.25, -0.2) is 14.6 Å². The molecule has 2 aromatic rings. The first-order valence-electron chi connectivity index (χ1n) is 42.0. The van der Waals surface area contributed by atoms with Crippen molar-refractivity contribution >= 4 is 77.1 Å². The van der Waals surface area contributed by atoms with E-state index in [0.717, 1.165) is 140 Å². The minimum atomic E-state index is -0.550. The minimum Gasteiger partial charge on any atom is -0.400 e. The zero-order valence-corrected chi connectivity index (χ0v) is 70.8. The van der Waals surface area contributed by atoms with Crippen molar-refractivity contribution in [1.29, 1.82) is 0 Å². The molecule has 0 aliphatic heterocycles. The van der Waals surface area contributed by atoms with E-state index in [1.807, 2.05) is 30.5 Å². The summed E-state index contributed by atoms with van der Waals surface area (Å²) in [6.07, 6.45) is 26.6. The second-order valence-electron chi connectivity index (χ2n) is 28.9. The van der Waals surface area contributed by atoms with Gasteiger partial charge in [-0.05, 0) is 67.9 Å². The second-order valence-corrected chi connectivity index (χ2v) is 31.6. The number of unbranched alkanes of at least 4 members (excludes halogenated alkanes) is 16. The van der Waals surface area contributed by atoms with Gasteiger partial charge >= 0.3 is 0 Å². The van der Waals surface area contributed by atoms with Crippen LogP contribution in [-0.4, -0.2) is 274 Å². The van der Waals surface area contributed by atoms with Crippen molar-refractivity contribution in [2.75, 3.05) is 175 Å². The lowest BCUT2D eigenvalue weighted by atomic mass is 10.1. The maximum absolute atomic E-state index is 14.5. The van der Waals surface area contributed by atoms with E-state index in [0.29, 0.717) is 135 Å². The van der Waals surface area contributed by atoms with Crippen molar-refractivity contribution in [3.63, 3.8) is 0 Å². The summed E-state index contributed by atoms with van der Waals surface area (Å²) in [7, 11) is 0. The summed E-state index contributed by atoms with van der Waals surface area (Å²) in [5.41, 5.74) is 36.1. The molecule has 0 saturated carbocycles. The molecule has 1 atom stereocenters. The molecule has 37 heteroatoms. The number of carbonyl (C=O) groups excluding carboxylic acids is 9. The number of benzene rings is 1. The Bertz CT molecular complexity index is 2830. The van der Waals surface area contributed by atoms with Crippen LogP contribution < -0.4 is 82.8 Å². The van der Waals surface area contributed by atoms with E-state index in [9.17, 15) is 51.9 Å². The predicted molar refractivity (Wildman–Crippen MR) is 454 cm³/mol. The van der Waals surface area contributed by atoms with Crippen molar-refractivity contribution in [1.82, 2.24) is 87.0 Å². The Kier molecular flexibility index (Phi) is 63.8. The minimum absolute atomic E-state index is 0.0393. The van der Waals surface area contributed by atoms with Gasteiger partial charge in [-0.15, -0.1) is 28.6 Å². The van der Waals surface area contributed by atoms with Gasteiger partial charge in [0.15, 0.2) is 0 Å². The first-order valence-corrected chi connectivity index (χ1v) is 44.1. The average Bonchev–Trinajstić information content (AvgIpc) is 1.23. The molecule has 0 saturated heterocycles. The number of hydrazine groups is 1. The summed E-state index contributed by atoms with van der Waals surface area (Å²) in [5.74, 6) is 5.46. The van der Waals surface area contributed by atoms with Crippen molar-refractivity contribution in [2.45, 2.75) is 204 Å². The second kappa shape index (κ2) is 70.3. The number of halogens is 2. The van der Waals surface area contributed by atoms with Crippen LogP contribution in [0.1, 0.15) is 203 Å². The molecule has 0 spiro atoms. The van der Waals surface area contributed by atoms with Crippen LogP contribution in [0.15, 0.2) is 36.3 Å². The highest BCUT2D eigenvalue weighted by atomic mass is 32.2. The molecule has 658 valence electrons. The summed E-state index contributed by atoms with van der Waals surface area (Å²) in [4.78, 5) is 122. The van der Waals surface area contributed by atoms with Crippen molar-refractivity contribution in [3.8, 4) is 0 Å². The molecule has 1 heterocycles. The number of nitrogens with zero attached hydrogens (tertiary/aromatic N) is 9. The van der Waals surface area contributed by atoms with E-state index >= 15 is 0 Å². The van der Waals surface area contributed by atoms with Gasteiger partial charge in [0.25, 0.3) is 0 Å². The van der Waals surface area contributed by atoms with Crippen LogP contribution in [0.2, 0.25) is 0 Å². The molecule has 1 unspecified atom stereocenters. The summed E-state index contributed by atoms with van der Waals surface area (Å²) in [6, 6.07) is 3.88. The fourth-order valence-electron chi connectivity index (χ4n) is 12.2. The van der Waals surface area contributed by atoms with E-state index in [1.165, 1.54) is 25.0 Å². The molecule has 33 nitrogen and oxygen atoms in total. The number of hydrogen-bond donors (Lipinski definition) is 15. The Morgan fingerprint density at radius 1 is 0.443 bits per heavy atom. The van der Waals surface area contributed by atoms with E-state index < -0.39 is 11.6 Å². The first-order chi connectivity index (χ1) is 55.7. The van der Waals surface area contributed by atoms with Crippen LogP contribution >= 0.6 is 23.5 Å². The largest absolute Gasteiger partial charge is 0.400 e. The van der Waals surface area contributed by atoms with E-state index in [4.69, 9.17) is 40.2 Å². The highest BCUT2D eigenvalue weighted by Crippen LogP contribution is 2.41. The highest BCUT2D eigenvalue weighted by molar-refractivity contribution is 8.16. The van der Waals surface area contributed by atoms with E-state index in [-0.39, 0.29) is 162 Å². The molecule has 0 bridgehead atoms. The molecule has 1 aromatic heterocycles. The van der Waals surface area contributed by atoms with Crippen LogP contribution in [0, 0.1) is 11.6 Å². The molecule has 0 aliphatic carbocycles. The Morgan fingerprint density at radius 2 is 0.783 bits per heavy atom. The lowest BCUT2D eigenvalue weighted by Gasteiger charge is -2.24. The van der Waals surface area contributed by atoms with Crippen LogP contribution in [0.4, 0.5) is 8.78 Å². The Morgan fingerprint density at radius 3 is 1.16 bits per heavy atom. The standard InChI is InChI=1S/C78H146F2N24O9S2/c1-2-40-98(44-22-75(111)93-62-100(41-21-52-105)47-25-70(106)88-35-30-81)58-68(86)59-103(87)42-17-13-9-5-3-7-11-15-19-53-114-78(65-55-66(79)57-67(80)56-65)115-54-20-16-12-8-4-6-10-14-18-43-104-61-69(96-97-104)60-99(45-23-76(112)94-63-101(48-26-71(107)89-36-31-82)49-27-72(108)90-37-32-83)46-24-77(113)95-64-102(50-28-73(109)91-38-33-84)51-29-74(110)92-39-34-85/h52,55-57,59,61,78H,2-51,53-54,58,60,62-64,81-87H2,1H3,(H,88,106)(H,89,107)(H,90,108)(H,91,109)(H,92,110)(H,93,111)(H,94,112)(H,95,113)/b68-59-. The SMILES string of the molecule is CCCN(CCC(=O)NCN(CCC=O)CCC(=O)NCCN)C/C(N)=C/N(N)CCCCCCCCCCCSC(SCCCCCCCCCCCn1cc(CN(CCC(=O)NCN(CCC(=O)NCCN)CCC(=O)NCCN)CCC(=O)NCN(CCC(=O)NCCN)CCC(=O)NCCN)nn1)c1cc(F)cc(F)c1. The average molecular weight is 1670 g/mol. The third-order valence-corrected chi connectivity index (χ3v) is 21.7. The highest BCUT2D eigenvalue weighted by Gasteiger charge is 2.21. The summed E-state index contributed by atoms with van der Waals surface area (Å²) >= 11 is 3.56. The summed E-state index contributed by atoms with van der Waals surface area (Å²) in [6.45, 7) is 11.7. The molecule has 1 aromatic carbocycles. The lowest BCUT2D eigenvalue weighted by molar-refractivity contribution is -0.124. The van der Waals surface area contributed by atoms with Gasteiger partial charge in [-0.1, -0.05) is 102 Å². The number of carbonyl (C=O) groups is 9. The zero-order chi connectivity index (χ0) is 84.2. The summed E-state index contributed by atoms with van der Waals surface area (Å²) in [5, 5.41) is 33.0. The van der Waals surface area contributed by atoms with Gasteiger partial charge < -0.3 is 86.7 Å². The van der Waals surface area contributed by atoms with Gasteiger partial charge in [0.1, 0.15) is 17.9 Å². The maximum atomic E-state index is 14.5. The number of nitrogens with two attached hydrogens (primary N) is 7. The Balaban J connectivity index is 1.80. The van der Waals surface area contributed by atoms with Crippen LogP contribution in [-0.2, 0) is 56.2 Å². The third kappa shape index (κ3) is 58.7. The molecule has 0 fully saturated rings. The number of amides is 8. The number of aryl methyl sites for hydroxylation is 1. The molecular formula is C78H146F2N24O9S2. The quantitative estimate of drug-likeness (QED) is 0.0149. The van der Waals surface area contributed by atoms with E-state index in [1.54, 1.807) is 34.7 Å². The van der Waals surface area contributed by atoms with Crippen molar-refractivity contribution in [3.05, 3.63) is 59.2 Å². The Labute approximate surface area is 691 Å². The molecule has 115 heavy (non-hydrogen) atoms. The molecular weight excluding hydrogens is 1520 g/mol. The number of thioether (sulfide) groups is 2. The van der Waals surface area contributed by atoms with Crippen molar-refractivity contribution < 1.29 is 51.9 Å². The van der Waals surface area contributed by atoms with Crippen LogP contribution in [0.5, 0.6) is 0 Å². The topological polar surface area (TPSA) is 482 Å². The molecule has 22 N–H and O–H groups in total. The molecule has 0 radical (unpaired) electrons. The smallest absolute Gasteiger partial charge is 0.222 e. The normalized spacial score (nSPS) is 11.9. The van der Waals surface area contributed by atoms with Crippen molar-refractivity contribution in [2.24, 2.45) is 40.2 Å². The van der Waals surface area contributed by atoms with Gasteiger partial charge in [0, 0.05) is 232 Å². The molecule has 0 aliphatic rings. The van der Waals surface area contributed by atoms with Gasteiger partial charge in [0.05, 0.1) is 30.3 Å².